The third kappa shape index (κ3) is 3.45. The summed E-state index contributed by atoms with van der Waals surface area (Å²) in [5, 5.41) is 0. The minimum absolute atomic E-state index is 0. The lowest BCUT2D eigenvalue weighted by atomic mass is 9.92. The largest absolute Gasteiger partial charge is 0.334 e. The third-order valence-electron chi connectivity index (χ3n) is 3.62. The predicted molar refractivity (Wildman–Crippen MR) is 75.9 cm³/mol. The normalized spacial score (nSPS) is 22.8. The second kappa shape index (κ2) is 6.87. The van der Waals surface area contributed by atoms with Crippen LogP contribution in [0.2, 0.25) is 0 Å². The van der Waals surface area contributed by atoms with Gasteiger partial charge in [-0.15, -0.1) is 12.4 Å². The number of nitrogens with zero attached hydrogens (tertiary/aromatic N) is 1. The maximum absolute atomic E-state index is 13.6. The zero-order valence-corrected chi connectivity index (χ0v) is 11.8. The third-order valence-corrected chi connectivity index (χ3v) is 3.62. The van der Waals surface area contributed by atoms with E-state index in [1.54, 1.807) is 17.0 Å². The van der Waals surface area contributed by atoms with E-state index in [0.717, 1.165) is 12.8 Å². The molecule has 0 aliphatic carbocycles. The van der Waals surface area contributed by atoms with Crippen molar-refractivity contribution in [3.63, 3.8) is 0 Å². The number of halogens is 2. The van der Waals surface area contributed by atoms with Crippen LogP contribution in [0.15, 0.2) is 24.3 Å². The minimum Gasteiger partial charge on any atom is -0.334 e. The van der Waals surface area contributed by atoms with Gasteiger partial charge in [0.25, 0.3) is 5.91 Å². The average Bonchev–Trinajstić information content (AvgIpc) is 2.38. The maximum atomic E-state index is 13.6. The van der Waals surface area contributed by atoms with Gasteiger partial charge in [0.1, 0.15) is 5.82 Å². The molecule has 0 aromatic heterocycles. The first kappa shape index (κ1) is 15.9. The summed E-state index contributed by atoms with van der Waals surface area (Å²) in [5.41, 5.74) is 5.87. The van der Waals surface area contributed by atoms with Crippen LogP contribution < -0.4 is 5.73 Å². The molecule has 3 nitrogen and oxygen atoms in total. The van der Waals surface area contributed by atoms with E-state index in [2.05, 4.69) is 6.92 Å². The fourth-order valence-corrected chi connectivity index (χ4v) is 2.53. The molecule has 0 saturated carbocycles. The summed E-state index contributed by atoms with van der Waals surface area (Å²) in [6.07, 6.45) is 1.85. The molecule has 0 radical (unpaired) electrons. The van der Waals surface area contributed by atoms with Crippen LogP contribution in [0.3, 0.4) is 0 Å². The molecule has 1 aromatic rings. The number of amides is 1. The van der Waals surface area contributed by atoms with Gasteiger partial charge in [0.05, 0.1) is 5.56 Å². The number of rotatable bonds is 2. The number of carbonyl (C=O) groups excluding carboxylic acids is 1. The Morgan fingerprint density at radius 3 is 2.79 bits per heavy atom. The number of hydrogen-bond donors (Lipinski definition) is 1. The Morgan fingerprint density at radius 2 is 2.16 bits per heavy atom. The fraction of sp³-hybridized carbons (Fsp3) is 0.500. The van der Waals surface area contributed by atoms with Gasteiger partial charge in [0.15, 0.2) is 0 Å². The van der Waals surface area contributed by atoms with Crippen molar-refractivity contribution in [2.75, 3.05) is 13.1 Å². The number of benzene rings is 1. The Hall–Kier alpha value is -1.13. The molecule has 2 atom stereocenters. The number of hydrogen-bond acceptors (Lipinski definition) is 2. The van der Waals surface area contributed by atoms with Crippen molar-refractivity contribution in [1.82, 2.24) is 4.90 Å². The van der Waals surface area contributed by atoms with E-state index in [1.165, 1.54) is 12.1 Å². The fourth-order valence-electron chi connectivity index (χ4n) is 2.53. The van der Waals surface area contributed by atoms with Gasteiger partial charge in [-0.25, -0.2) is 4.39 Å². The molecular formula is C14H20ClFN2O. The SMILES string of the molecule is CC1CCN(C(=O)c2ccccc2F)C(CN)C1.Cl. The molecule has 1 aliphatic rings. The van der Waals surface area contributed by atoms with Crippen LogP contribution in [-0.4, -0.2) is 29.9 Å². The zero-order valence-electron chi connectivity index (χ0n) is 11.0. The van der Waals surface area contributed by atoms with Crippen LogP contribution >= 0.6 is 12.4 Å². The van der Waals surface area contributed by atoms with Gasteiger partial charge in [-0.1, -0.05) is 19.1 Å². The number of piperidine rings is 1. The lowest BCUT2D eigenvalue weighted by molar-refractivity contribution is 0.0569. The first-order valence-corrected chi connectivity index (χ1v) is 6.39. The van der Waals surface area contributed by atoms with Gasteiger partial charge in [0.2, 0.25) is 0 Å². The molecule has 1 aliphatic heterocycles. The highest BCUT2D eigenvalue weighted by atomic mass is 35.5. The lowest BCUT2D eigenvalue weighted by Gasteiger charge is -2.38. The molecular weight excluding hydrogens is 267 g/mol. The van der Waals surface area contributed by atoms with Crippen molar-refractivity contribution in [3.05, 3.63) is 35.6 Å². The molecule has 2 rings (SSSR count). The van der Waals surface area contributed by atoms with Crippen LogP contribution in [0.5, 0.6) is 0 Å². The molecule has 0 bridgehead atoms. The van der Waals surface area contributed by atoms with Crippen molar-refractivity contribution in [2.45, 2.75) is 25.8 Å². The standard InChI is InChI=1S/C14H19FN2O.ClH/c1-10-6-7-17(11(8-10)9-16)14(18)12-4-2-3-5-13(12)15;/h2-5,10-11H,6-9,16H2,1H3;1H. The molecule has 19 heavy (non-hydrogen) atoms. The van der Waals surface area contributed by atoms with Gasteiger partial charge in [-0.3, -0.25) is 4.79 Å². The number of carbonyl (C=O) groups is 1. The van der Waals surface area contributed by atoms with E-state index in [0.29, 0.717) is 19.0 Å². The van der Waals surface area contributed by atoms with Crippen LogP contribution in [0.4, 0.5) is 4.39 Å². The highest BCUT2D eigenvalue weighted by Gasteiger charge is 2.30. The lowest BCUT2D eigenvalue weighted by Crippen LogP contribution is -2.49. The smallest absolute Gasteiger partial charge is 0.257 e. The second-order valence-electron chi connectivity index (χ2n) is 5.00. The molecule has 5 heteroatoms. The number of likely N-dealkylation sites (tertiary alicyclic amines) is 1. The van der Waals surface area contributed by atoms with Crippen molar-refractivity contribution >= 4 is 18.3 Å². The quantitative estimate of drug-likeness (QED) is 0.908. The van der Waals surface area contributed by atoms with Crippen molar-refractivity contribution < 1.29 is 9.18 Å². The average molecular weight is 287 g/mol. The van der Waals surface area contributed by atoms with E-state index in [-0.39, 0.29) is 29.9 Å². The van der Waals surface area contributed by atoms with E-state index in [9.17, 15) is 9.18 Å². The van der Waals surface area contributed by atoms with Crippen LogP contribution in [0.25, 0.3) is 0 Å². The molecule has 1 heterocycles. The topological polar surface area (TPSA) is 46.3 Å². The Labute approximate surface area is 119 Å². The minimum atomic E-state index is -0.461. The van der Waals surface area contributed by atoms with Crippen molar-refractivity contribution in [2.24, 2.45) is 11.7 Å². The molecule has 0 spiro atoms. The molecule has 1 saturated heterocycles. The van der Waals surface area contributed by atoms with E-state index in [4.69, 9.17) is 5.73 Å². The van der Waals surface area contributed by atoms with Gasteiger partial charge in [0, 0.05) is 19.1 Å². The summed E-state index contributed by atoms with van der Waals surface area (Å²) in [6, 6.07) is 6.15. The Kier molecular flexibility index (Phi) is 5.76. The first-order valence-electron chi connectivity index (χ1n) is 6.39. The predicted octanol–water partition coefficient (Wildman–Crippen LogP) is 2.45. The maximum Gasteiger partial charge on any atom is 0.257 e. The van der Waals surface area contributed by atoms with Crippen LogP contribution in [0.1, 0.15) is 30.1 Å². The van der Waals surface area contributed by atoms with Crippen LogP contribution in [-0.2, 0) is 0 Å². The molecule has 1 fully saturated rings. The Bertz CT molecular complexity index is 441. The van der Waals surface area contributed by atoms with E-state index < -0.39 is 5.82 Å². The summed E-state index contributed by atoms with van der Waals surface area (Å²) in [6.45, 7) is 3.26. The molecule has 2 N–H and O–H groups in total. The number of nitrogens with two attached hydrogens (primary N) is 1. The molecule has 1 aromatic carbocycles. The summed E-state index contributed by atoms with van der Waals surface area (Å²) in [5.74, 6) is -0.129. The molecule has 106 valence electrons. The summed E-state index contributed by atoms with van der Waals surface area (Å²) < 4.78 is 13.6. The van der Waals surface area contributed by atoms with Gasteiger partial charge < -0.3 is 10.6 Å². The molecule has 1 amide bonds. The van der Waals surface area contributed by atoms with Gasteiger partial charge >= 0.3 is 0 Å². The Balaban J connectivity index is 0.00000180. The monoisotopic (exact) mass is 286 g/mol. The Morgan fingerprint density at radius 1 is 1.47 bits per heavy atom. The highest BCUT2D eigenvalue weighted by Crippen LogP contribution is 2.24. The molecule has 2 unspecified atom stereocenters. The van der Waals surface area contributed by atoms with Gasteiger partial charge in [-0.05, 0) is 30.9 Å². The highest BCUT2D eigenvalue weighted by molar-refractivity contribution is 5.94. The van der Waals surface area contributed by atoms with Crippen LogP contribution in [0, 0.1) is 11.7 Å². The van der Waals surface area contributed by atoms with E-state index >= 15 is 0 Å². The summed E-state index contributed by atoms with van der Waals surface area (Å²) in [4.78, 5) is 14.0. The summed E-state index contributed by atoms with van der Waals surface area (Å²) >= 11 is 0. The second-order valence-corrected chi connectivity index (χ2v) is 5.00. The zero-order chi connectivity index (χ0) is 13.1. The first-order chi connectivity index (χ1) is 8.63. The van der Waals surface area contributed by atoms with Crippen molar-refractivity contribution in [3.8, 4) is 0 Å². The van der Waals surface area contributed by atoms with E-state index in [1.807, 2.05) is 0 Å². The van der Waals surface area contributed by atoms with Gasteiger partial charge in [-0.2, -0.15) is 0 Å². The van der Waals surface area contributed by atoms with Crippen molar-refractivity contribution in [1.29, 1.82) is 0 Å². The summed E-state index contributed by atoms with van der Waals surface area (Å²) in [7, 11) is 0.